The number of pyridine rings is 1. The molecule has 2 aromatic carbocycles. The SMILES string of the molecule is C[C@]12CC[C@H]3[C@@H](CCC4=CC(=O)CC[C@@]43C)[C@@H]1CC[C@@H]2OCCCNc1c2ccccc2nc2ccccc12. The molecule has 7 rings (SSSR count). The summed E-state index contributed by atoms with van der Waals surface area (Å²) >= 11 is 0. The van der Waals surface area contributed by atoms with Crippen LogP contribution in [0.25, 0.3) is 21.8 Å². The largest absolute Gasteiger partial charge is 0.384 e. The summed E-state index contributed by atoms with van der Waals surface area (Å²) < 4.78 is 6.71. The fourth-order valence-electron chi connectivity index (χ4n) is 9.33. The van der Waals surface area contributed by atoms with Crippen LogP contribution in [0.1, 0.15) is 71.6 Å². The quantitative estimate of drug-likeness (QED) is 0.262. The third-order valence-electron chi connectivity index (χ3n) is 11.4. The Hall–Kier alpha value is -2.72. The molecule has 4 aliphatic carbocycles. The van der Waals surface area contributed by atoms with Crippen LogP contribution in [-0.4, -0.2) is 30.0 Å². The Bertz CT molecular complexity index is 1390. The lowest BCUT2D eigenvalue weighted by Crippen LogP contribution is -2.51. The van der Waals surface area contributed by atoms with Crippen molar-refractivity contribution in [1.82, 2.24) is 4.98 Å². The number of fused-ring (bicyclic) bond motifs is 7. The molecule has 6 atom stereocenters. The first-order valence-electron chi connectivity index (χ1n) is 15.3. The van der Waals surface area contributed by atoms with Crippen molar-refractivity contribution >= 4 is 33.3 Å². The molecule has 0 amide bonds. The minimum Gasteiger partial charge on any atom is -0.384 e. The summed E-state index contributed by atoms with van der Waals surface area (Å²) in [6, 6.07) is 16.8. The molecule has 0 bridgehead atoms. The van der Waals surface area contributed by atoms with Crippen LogP contribution in [0.4, 0.5) is 5.69 Å². The Morgan fingerprint density at radius 3 is 2.41 bits per heavy atom. The molecule has 39 heavy (non-hydrogen) atoms. The van der Waals surface area contributed by atoms with Gasteiger partial charge in [-0.25, -0.2) is 4.98 Å². The summed E-state index contributed by atoms with van der Waals surface area (Å²) in [5.74, 6) is 2.67. The van der Waals surface area contributed by atoms with E-state index >= 15 is 0 Å². The predicted molar refractivity (Wildman–Crippen MR) is 159 cm³/mol. The smallest absolute Gasteiger partial charge is 0.155 e. The average molecular weight is 523 g/mol. The molecule has 4 nitrogen and oxygen atoms in total. The fourth-order valence-corrected chi connectivity index (χ4v) is 9.33. The number of nitrogens with one attached hydrogen (secondary N) is 1. The number of aromatic nitrogens is 1. The highest BCUT2D eigenvalue weighted by Gasteiger charge is 2.59. The van der Waals surface area contributed by atoms with E-state index in [2.05, 4.69) is 67.7 Å². The maximum absolute atomic E-state index is 12.1. The van der Waals surface area contributed by atoms with Crippen molar-refractivity contribution in [3.05, 3.63) is 60.2 Å². The molecule has 3 fully saturated rings. The van der Waals surface area contributed by atoms with Gasteiger partial charge in [-0.3, -0.25) is 4.79 Å². The number of hydrogen-bond acceptors (Lipinski definition) is 4. The molecular weight excluding hydrogens is 480 g/mol. The van der Waals surface area contributed by atoms with Crippen molar-refractivity contribution in [2.75, 3.05) is 18.5 Å². The second-order valence-electron chi connectivity index (χ2n) is 13.3. The number of para-hydroxylation sites is 2. The summed E-state index contributed by atoms with van der Waals surface area (Å²) in [5.41, 5.74) is 5.28. The first-order chi connectivity index (χ1) is 19.0. The number of nitrogens with zero attached hydrogens (tertiary/aromatic N) is 1. The predicted octanol–water partition coefficient (Wildman–Crippen LogP) is 8.11. The topological polar surface area (TPSA) is 51.2 Å². The van der Waals surface area contributed by atoms with Gasteiger partial charge < -0.3 is 10.1 Å². The summed E-state index contributed by atoms with van der Waals surface area (Å²) in [6.07, 6.45) is 12.7. The molecule has 1 N–H and O–H groups in total. The molecule has 4 aliphatic rings. The standard InChI is InChI=1S/C35H42N2O2/c1-34-18-16-24(38)22-23(34)12-13-25-28-14-15-32(35(28,2)19-17-29(25)34)39-21-7-20-36-33-26-8-3-5-10-30(26)37-31-11-6-4-9-27(31)33/h3-6,8-11,22,25,28-29,32H,7,12-21H2,1-2H3,(H,36,37)/t25-,28-,29-,32-,34-,35-/m0/s1. The van der Waals surface area contributed by atoms with Gasteiger partial charge in [0.15, 0.2) is 5.78 Å². The summed E-state index contributed by atoms with van der Waals surface area (Å²) in [4.78, 5) is 17.0. The van der Waals surface area contributed by atoms with Gasteiger partial charge in [-0.1, -0.05) is 55.8 Å². The summed E-state index contributed by atoms with van der Waals surface area (Å²) in [7, 11) is 0. The lowest BCUT2D eigenvalue weighted by atomic mass is 9.47. The van der Waals surface area contributed by atoms with Gasteiger partial charge in [-0.05, 0) is 98.2 Å². The van der Waals surface area contributed by atoms with Crippen LogP contribution >= 0.6 is 0 Å². The number of anilines is 1. The number of hydrogen-bond donors (Lipinski definition) is 1. The average Bonchev–Trinajstić information content (AvgIpc) is 3.29. The summed E-state index contributed by atoms with van der Waals surface area (Å²) in [5, 5.41) is 6.11. The third kappa shape index (κ3) is 4.13. The molecule has 0 unspecified atom stereocenters. The van der Waals surface area contributed by atoms with Crippen LogP contribution in [0.5, 0.6) is 0 Å². The molecule has 4 heteroatoms. The zero-order valence-electron chi connectivity index (χ0n) is 23.5. The van der Waals surface area contributed by atoms with Crippen molar-refractivity contribution in [3.8, 4) is 0 Å². The highest BCUT2D eigenvalue weighted by molar-refractivity contribution is 6.07. The van der Waals surface area contributed by atoms with Gasteiger partial charge in [0.05, 0.1) is 22.8 Å². The van der Waals surface area contributed by atoms with E-state index in [9.17, 15) is 4.79 Å². The molecular formula is C35H42N2O2. The van der Waals surface area contributed by atoms with E-state index in [0.717, 1.165) is 67.6 Å². The van der Waals surface area contributed by atoms with Crippen molar-refractivity contribution in [1.29, 1.82) is 0 Å². The minimum absolute atomic E-state index is 0.254. The van der Waals surface area contributed by atoms with E-state index in [0.29, 0.717) is 17.3 Å². The van der Waals surface area contributed by atoms with Crippen molar-refractivity contribution in [3.63, 3.8) is 0 Å². The minimum atomic E-state index is 0.254. The lowest BCUT2D eigenvalue weighted by molar-refractivity contribution is -0.118. The van der Waals surface area contributed by atoms with E-state index in [-0.39, 0.29) is 5.41 Å². The maximum Gasteiger partial charge on any atom is 0.155 e. The van der Waals surface area contributed by atoms with Crippen molar-refractivity contribution in [2.24, 2.45) is 28.6 Å². The maximum atomic E-state index is 12.1. The molecule has 0 radical (unpaired) electrons. The van der Waals surface area contributed by atoms with E-state index in [1.165, 1.54) is 54.1 Å². The van der Waals surface area contributed by atoms with E-state index < -0.39 is 0 Å². The Kier molecular flexibility index (Phi) is 6.30. The lowest BCUT2D eigenvalue weighted by Gasteiger charge is -2.58. The first kappa shape index (κ1) is 25.3. The molecule has 0 saturated heterocycles. The van der Waals surface area contributed by atoms with Crippen LogP contribution in [0.2, 0.25) is 0 Å². The number of ether oxygens (including phenoxy) is 1. The van der Waals surface area contributed by atoms with Gasteiger partial charge in [-0.2, -0.15) is 0 Å². The number of carbonyl (C=O) groups is 1. The van der Waals surface area contributed by atoms with Gasteiger partial charge >= 0.3 is 0 Å². The number of ketones is 1. The number of carbonyl (C=O) groups excluding carboxylic acids is 1. The molecule has 0 spiro atoms. The number of allylic oxidation sites excluding steroid dienone is 1. The van der Waals surface area contributed by atoms with Crippen LogP contribution < -0.4 is 5.32 Å². The Labute approximate surface area is 232 Å². The molecule has 3 aromatic rings. The van der Waals surface area contributed by atoms with Crippen LogP contribution in [-0.2, 0) is 9.53 Å². The fraction of sp³-hybridized carbons (Fsp3) is 0.543. The van der Waals surface area contributed by atoms with Gasteiger partial charge in [-0.15, -0.1) is 0 Å². The van der Waals surface area contributed by atoms with Gasteiger partial charge in [0.25, 0.3) is 0 Å². The van der Waals surface area contributed by atoms with Gasteiger partial charge in [0, 0.05) is 30.3 Å². The number of benzene rings is 2. The Morgan fingerprint density at radius 1 is 0.897 bits per heavy atom. The van der Waals surface area contributed by atoms with E-state index in [1.807, 2.05) is 6.08 Å². The number of rotatable bonds is 6. The van der Waals surface area contributed by atoms with Gasteiger partial charge in [0.1, 0.15) is 0 Å². The Morgan fingerprint density at radius 2 is 1.64 bits per heavy atom. The van der Waals surface area contributed by atoms with E-state index in [4.69, 9.17) is 9.72 Å². The van der Waals surface area contributed by atoms with Crippen LogP contribution in [0, 0.1) is 28.6 Å². The second-order valence-corrected chi connectivity index (χ2v) is 13.3. The summed E-state index contributed by atoms with van der Waals surface area (Å²) in [6.45, 7) is 6.72. The van der Waals surface area contributed by atoms with Crippen molar-refractivity contribution in [2.45, 2.75) is 77.7 Å². The molecule has 204 valence electrons. The molecule has 1 aromatic heterocycles. The van der Waals surface area contributed by atoms with Crippen molar-refractivity contribution < 1.29 is 9.53 Å². The highest BCUT2D eigenvalue weighted by atomic mass is 16.5. The zero-order valence-corrected chi connectivity index (χ0v) is 23.5. The monoisotopic (exact) mass is 522 g/mol. The van der Waals surface area contributed by atoms with E-state index in [1.54, 1.807) is 0 Å². The normalized spacial score (nSPS) is 33.9. The first-order valence-corrected chi connectivity index (χ1v) is 15.3. The third-order valence-corrected chi connectivity index (χ3v) is 11.4. The second kappa shape index (κ2) is 9.73. The molecule has 0 aliphatic heterocycles. The van der Waals surface area contributed by atoms with Crippen LogP contribution in [0.3, 0.4) is 0 Å². The highest BCUT2D eigenvalue weighted by Crippen LogP contribution is 2.65. The van der Waals surface area contributed by atoms with Gasteiger partial charge in [0.2, 0.25) is 0 Å². The van der Waals surface area contributed by atoms with Crippen LogP contribution in [0.15, 0.2) is 60.2 Å². The molecule has 1 heterocycles. The molecule has 3 saturated carbocycles. The zero-order chi connectivity index (χ0) is 26.6. The Balaban J connectivity index is 0.993.